The van der Waals surface area contributed by atoms with E-state index in [0.717, 1.165) is 25.7 Å². The largest absolute Gasteiger partial charge is 0.354 e. The molecule has 1 heterocycles. The predicted octanol–water partition coefficient (Wildman–Crippen LogP) is 1.29. The van der Waals surface area contributed by atoms with Crippen molar-refractivity contribution in [2.24, 2.45) is 5.73 Å². The summed E-state index contributed by atoms with van der Waals surface area (Å²) in [5.74, 6) is -0.362. The highest BCUT2D eigenvalue weighted by molar-refractivity contribution is 5.99. The Labute approximate surface area is 160 Å². The van der Waals surface area contributed by atoms with Crippen molar-refractivity contribution in [2.45, 2.75) is 45.1 Å². The molecule has 0 spiro atoms. The molecule has 0 radical (unpaired) electrons. The number of nitrogens with zero attached hydrogens (tertiary/aromatic N) is 1. The van der Waals surface area contributed by atoms with Gasteiger partial charge in [-0.3, -0.25) is 14.4 Å². The monoisotopic (exact) mass is 374 g/mol. The summed E-state index contributed by atoms with van der Waals surface area (Å²) in [5, 5.41) is 5.69. The van der Waals surface area contributed by atoms with E-state index in [9.17, 15) is 14.4 Å². The third kappa shape index (κ3) is 6.06. The van der Waals surface area contributed by atoms with Crippen LogP contribution in [0.1, 0.15) is 59.7 Å². The van der Waals surface area contributed by atoms with Gasteiger partial charge >= 0.3 is 0 Å². The molecule has 1 saturated heterocycles. The molecule has 0 aromatic heterocycles. The highest BCUT2D eigenvalue weighted by Crippen LogP contribution is 2.20. The van der Waals surface area contributed by atoms with E-state index in [1.54, 1.807) is 24.3 Å². The third-order valence-electron chi connectivity index (χ3n) is 4.70. The van der Waals surface area contributed by atoms with Gasteiger partial charge in [0.15, 0.2) is 0 Å². The maximum atomic E-state index is 13.0. The zero-order valence-electron chi connectivity index (χ0n) is 16.0. The molecule has 0 bridgehead atoms. The van der Waals surface area contributed by atoms with Crippen LogP contribution in [0.3, 0.4) is 0 Å². The third-order valence-corrected chi connectivity index (χ3v) is 4.70. The van der Waals surface area contributed by atoms with E-state index >= 15 is 0 Å². The molecule has 148 valence electrons. The van der Waals surface area contributed by atoms with E-state index in [2.05, 4.69) is 10.6 Å². The Morgan fingerprint density at radius 2 is 1.96 bits per heavy atom. The summed E-state index contributed by atoms with van der Waals surface area (Å²) in [5.41, 5.74) is 6.39. The zero-order chi connectivity index (χ0) is 19.6. The molecule has 0 aliphatic carbocycles. The lowest BCUT2D eigenvalue weighted by Gasteiger charge is -2.36. The second-order valence-electron chi connectivity index (χ2n) is 6.83. The molecule has 1 aliphatic heterocycles. The van der Waals surface area contributed by atoms with Gasteiger partial charge in [0.1, 0.15) is 0 Å². The van der Waals surface area contributed by atoms with Gasteiger partial charge in [-0.25, -0.2) is 0 Å². The summed E-state index contributed by atoms with van der Waals surface area (Å²) in [6, 6.07) is 6.79. The second-order valence-corrected chi connectivity index (χ2v) is 6.83. The predicted molar refractivity (Wildman–Crippen MR) is 104 cm³/mol. The van der Waals surface area contributed by atoms with Crippen LogP contribution in [0, 0.1) is 0 Å². The summed E-state index contributed by atoms with van der Waals surface area (Å²) >= 11 is 0. The molecular weight excluding hydrogens is 344 g/mol. The van der Waals surface area contributed by atoms with Gasteiger partial charge in [-0.2, -0.15) is 0 Å². The first kappa shape index (κ1) is 20.9. The first-order valence-corrected chi connectivity index (χ1v) is 9.72. The highest BCUT2D eigenvalue weighted by Gasteiger charge is 2.28. The van der Waals surface area contributed by atoms with Crippen molar-refractivity contribution in [3.8, 4) is 0 Å². The number of hydrogen-bond acceptors (Lipinski definition) is 4. The van der Waals surface area contributed by atoms with Crippen LogP contribution in [0.15, 0.2) is 24.3 Å². The van der Waals surface area contributed by atoms with E-state index < -0.39 is 0 Å². The molecule has 0 saturated carbocycles. The van der Waals surface area contributed by atoms with Crippen LogP contribution < -0.4 is 16.4 Å². The quantitative estimate of drug-likeness (QED) is 0.638. The maximum absolute atomic E-state index is 13.0. The lowest BCUT2D eigenvalue weighted by atomic mass is 10.00. The Hall–Kier alpha value is -2.41. The molecule has 27 heavy (non-hydrogen) atoms. The van der Waals surface area contributed by atoms with Crippen molar-refractivity contribution in [3.05, 3.63) is 35.4 Å². The van der Waals surface area contributed by atoms with Gasteiger partial charge in [0.25, 0.3) is 11.8 Å². The molecular formula is C20H30N4O3. The van der Waals surface area contributed by atoms with Crippen LogP contribution in [0.25, 0.3) is 0 Å². The molecule has 1 unspecified atom stereocenters. The van der Waals surface area contributed by atoms with Gasteiger partial charge in [-0.15, -0.1) is 0 Å². The molecule has 3 amide bonds. The molecule has 4 N–H and O–H groups in total. The number of piperidine rings is 1. The zero-order valence-corrected chi connectivity index (χ0v) is 16.0. The molecule has 1 aromatic rings. The van der Waals surface area contributed by atoms with E-state index in [1.165, 1.54) is 0 Å². The van der Waals surface area contributed by atoms with Gasteiger partial charge in [0.2, 0.25) is 5.91 Å². The Morgan fingerprint density at radius 1 is 1.19 bits per heavy atom. The first-order valence-electron chi connectivity index (χ1n) is 9.72. The van der Waals surface area contributed by atoms with Gasteiger partial charge in [-0.1, -0.05) is 13.0 Å². The average Bonchev–Trinajstić information content (AvgIpc) is 2.70. The van der Waals surface area contributed by atoms with Gasteiger partial charge in [0.05, 0.1) is 0 Å². The molecule has 1 fully saturated rings. The normalized spacial score (nSPS) is 16.7. The van der Waals surface area contributed by atoms with Crippen molar-refractivity contribution in [1.29, 1.82) is 0 Å². The molecule has 2 rings (SSSR count). The minimum Gasteiger partial charge on any atom is -0.354 e. The fraction of sp³-hybridized carbons (Fsp3) is 0.550. The molecule has 1 aromatic carbocycles. The minimum absolute atomic E-state index is 0.0365. The van der Waals surface area contributed by atoms with Crippen molar-refractivity contribution < 1.29 is 14.4 Å². The Balaban J connectivity index is 2.07. The summed E-state index contributed by atoms with van der Waals surface area (Å²) in [7, 11) is 0. The lowest BCUT2D eigenvalue weighted by Crippen LogP contribution is -2.49. The number of carbonyl (C=O) groups is 3. The van der Waals surface area contributed by atoms with Crippen LogP contribution in [-0.4, -0.2) is 54.8 Å². The fourth-order valence-corrected chi connectivity index (χ4v) is 3.23. The standard InChI is InChI=1S/C20H30N4O3/c1-2-11-22-19(26)15-6-5-7-16(13-15)20(27)24-12-4-3-8-17(24)14-23-18(25)9-10-21/h5-7,13,17H,2-4,8-12,14,21H2,1H3,(H,22,26)(H,23,25). The molecule has 1 atom stereocenters. The minimum atomic E-state index is -0.171. The topological polar surface area (TPSA) is 105 Å². The Bertz CT molecular complexity index is 662. The van der Waals surface area contributed by atoms with Gasteiger partial charge in [-0.05, 0) is 43.9 Å². The second kappa shape index (κ2) is 10.7. The number of nitrogens with one attached hydrogen (secondary N) is 2. The van der Waals surface area contributed by atoms with Crippen molar-refractivity contribution in [2.75, 3.05) is 26.2 Å². The average molecular weight is 374 g/mol. The Kier molecular flexibility index (Phi) is 8.26. The maximum Gasteiger partial charge on any atom is 0.254 e. The first-order chi connectivity index (χ1) is 13.1. The van der Waals surface area contributed by atoms with Crippen LogP contribution in [-0.2, 0) is 4.79 Å². The summed E-state index contributed by atoms with van der Waals surface area (Å²) in [6.07, 6.45) is 3.97. The van der Waals surface area contributed by atoms with Crippen LogP contribution in [0.4, 0.5) is 0 Å². The number of hydrogen-bond donors (Lipinski definition) is 3. The van der Waals surface area contributed by atoms with E-state index in [1.807, 2.05) is 11.8 Å². The number of benzene rings is 1. The number of rotatable bonds is 8. The van der Waals surface area contributed by atoms with Crippen molar-refractivity contribution in [3.63, 3.8) is 0 Å². The number of carbonyl (C=O) groups excluding carboxylic acids is 3. The summed E-state index contributed by atoms with van der Waals surface area (Å²) in [6.45, 7) is 3.99. The van der Waals surface area contributed by atoms with Crippen LogP contribution in [0.5, 0.6) is 0 Å². The summed E-state index contributed by atoms with van der Waals surface area (Å²) in [4.78, 5) is 38.7. The summed E-state index contributed by atoms with van der Waals surface area (Å²) < 4.78 is 0. The number of likely N-dealkylation sites (tertiary alicyclic amines) is 1. The molecule has 1 aliphatic rings. The number of nitrogens with two attached hydrogens (primary N) is 1. The SMILES string of the molecule is CCCNC(=O)c1cccc(C(=O)N2CCCCC2CNC(=O)CCN)c1. The van der Waals surface area contributed by atoms with E-state index in [0.29, 0.717) is 37.3 Å². The van der Waals surface area contributed by atoms with Gasteiger partial charge < -0.3 is 21.3 Å². The van der Waals surface area contributed by atoms with E-state index in [4.69, 9.17) is 5.73 Å². The van der Waals surface area contributed by atoms with Crippen LogP contribution in [0.2, 0.25) is 0 Å². The molecule has 7 heteroatoms. The van der Waals surface area contributed by atoms with Crippen molar-refractivity contribution in [1.82, 2.24) is 15.5 Å². The Morgan fingerprint density at radius 3 is 2.70 bits per heavy atom. The van der Waals surface area contributed by atoms with Crippen LogP contribution >= 0.6 is 0 Å². The van der Waals surface area contributed by atoms with E-state index in [-0.39, 0.29) is 30.2 Å². The van der Waals surface area contributed by atoms with Crippen molar-refractivity contribution >= 4 is 17.7 Å². The lowest BCUT2D eigenvalue weighted by molar-refractivity contribution is -0.121. The molecule has 7 nitrogen and oxygen atoms in total. The number of amides is 3. The smallest absolute Gasteiger partial charge is 0.254 e. The fourth-order valence-electron chi connectivity index (χ4n) is 3.23. The highest BCUT2D eigenvalue weighted by atomic mass is 16.2. The van der Waals surface area contributed by atoms with Gasteiger partial charge in [0, 0.05) is 49.8 Å².